The topological polar surface area (TPSA) is 372 Å². The first-order chi connectivity index (χ1) is 46.8. The molecule has 33 heteroatoms. The van der Waals surface area contributed by atoms with Crippen LogP contribution in [0, 0.1) is 12.3 Å². The summed E-state index contributed by atoms with van der Waals surface area (Å²) in [5.41, 5.74) is 11.9. The van der Waals surface area contributed by atoms with E-state index in [0.29, 0.717) is 263 Å². The number of nitrogens with two attached hydrogens (primary N) is 3. The third-order valence-electron chi connectivity index (χ3n) is 11.8. The number of hydrogen-bond donors (Lipinski definition) is 5. The quantitative estimate of drug-likeness (QED) is 0.0187. The lowest BCUT2D eigenvalue weighted by atomic mass is 10.3. The first-order valence-corrected chi connectivity index (χ1v) is 32.9. The van der Waals surface area contributed by atoms with E-state index in [-0.39, 0.29) is 85.4 Å². The molecule has 8 N–H and O–H groups in total. The molecule has 0 aromatic carbocycles. The van der Waals surface area contributed by atoms with Crippen LogP contribution in [0.1, 0.15) is 19.3 Å². The van der Waals surface area contributed by atoms with Gasteiger partial charge in [0.2, 0.25) is 17.7 Å². The molecule has 560 valence electrons. The monoisotopic (exact) mass is 1380 g/mol. The number of unbranched alkanes of at least 4 members (excludes halogenated alkanes) is 1. The van der Waals surface area contributed by atoms with Crippen LogP contribution in [-0.4, -0.2) is 371 Å². The van der Waals surface area contributed by atoms with Crippen LogP contribution in [0.25, 0.3) is 0 Å². The second-order valence-corrected chi connectivity index (χ2v) is 19.7. The normalized spacial score (nSPS) is 11.6. The molecule has 0 aliphatic rings. The van der Waals surface area contributed by atoms with E-state index in [0.717, 1.165) is 17.7 Å². The second kappa shape index (κ2) is 79.3. The summed E-state index contributed by atoms with van der Waals surface area (Å²) in [7, 11) is 1.64. The molecule has 0 aliphatic carbocycles. The summed E-state index contributed by atoms with van der Waals surface area (Å²) < 4.78 is 125. The maximum atomic E-state index is 13.3. The Bertz CT molecular complexity index is 1690. The van der Waals surface area contributed by atoms with Crippen molar-refractivity contribution in [3.8, 4) is 12.3 Å². The van der Waals surface area contributed by atoms with Crippen molar-refractivity contribution < 1.29 is 123 Å². The van der Waals surface area contributed by atoms with Gasteiger partial charge in [0.25, 0.3) is 0 Å². The predicted molar refractivity (Wildman–Crippen MR) is 347 cm³/mol. The number of methoxy groups -OCH3 is 1. The summed E-state index contributed by atoms with van der Waals surface area (Å²) in [6, 6.07) is 0. The molecule has 0 saturated heterocycles. The van der Waals surface area contributed by atoms with Gasteiger partial charge in [-0.15, -0.1) is 6.42 Å². The molecule has 0 heterocycles. The fraction of sp³-hybridized carbons (Fsp3) is 0.887. The fourth-order valence-corrected chi connectivity index (χ4v) is 7.00. The molecule has 0 radical (unpaired) electrons. The molecule has 95 heavy (non-hydrogen) atoms. The van der Waals surface area contributed by atoms with E-state index < -0.39 is 17.7 Å². The molecule has 0 saturated carbocycles. The number of nitrogens with one attached hydrogen (secondary N) is 2. The molecule has 3 amide bonds. The van der Waals surface area contributed by atoms with Crippen molar-refractivity contribution in [3.05, 3.63) is 11.9 Å². The van der Waals surface area contributed by atoms with Gasteiger partial charge in [-0.1, -0.05) is 5.92 Å². The molecule has 0 spiro atoms. The summed E-state index contributed by atoms with van der Waals surface area (Å²) >= 11 is 0. The Labute approximate surface area is 564 Å². The number of rotatable bonds is 81. The van der Waals surface area contributed by atoms with Gasteiger partial charge in [-0.3, -0.25) is 14.4 Å². The number of terminal acetylenes is 1. The number of nitrogens with zero attached hydrogens (tertiary/aromatic N) is 2. The van der Waals surface area contributed by atoms with Crippen LogP contribution in [0.15, 0.2) is 11.9 Å². The summed E-state index contributed by atoms with van der Waals surface area (Å²) in [5, 5.41) is 6.75. The molecule has 0 rings (SSSR count). The van der Waals surface area contributed by atoms with Crippen LogP contribution >= 0.6 is 0 Å². The molecular formula is C62H121N7O26. The van der Waals surface area contributed by atoms with Crippen LogP contribution in [0.4, 0.5) is 0 Å². The summed E-state index contributed by atoms with van der Waals surface area (Å²) in [5.74, 6) is 7.02. The van der Waals surface area contributed by atoms with Crippen LogP contribution < -0.4 is 27.9 Å². The van der Waals surface area contributed by atoms with E-state index in [9.17, 15) is 14.4 Å². The Balaban J connectivity index is 4.18. The number of carbonyl (C=O) groups excluding carboxylic acids is 3. The Kier molecular flexibility index (Phi) is 76.2. The highest BCUT2D eigenvalue weighted by atomic mass is 16.6. The van der Waals surface area contributed by atoms with Crippen molar-refractivity contribution in [2.75, 3.05) is 344 Å². The Morgan fingerprint density at radius 3 is 0.989 bits per heavy atom. The molecule has 0 fully saturated rings. The summed E-state index contributed by atoms with van der Waals surface area (Å²) in [6.07, 6.45) is 8.48. The van der Waals surface area contributed by atoms with Crippen molar-refractivity contribution in [2.24, 2.45) is 17.3 Å². The van der Waals surface area contributed by atoms with Gasteiger partial charge in [0, 0.05) is 33.0 Å². The lowest BCUT2D eigenvalue weighted by molar-refractivity contribution is -0.140. The maximum absolute atomic E-state index is 13.3. The van der Waals surface area contributed by atoms with E-state index in [2.05, 4.69) is 16.6 Å². The van der Waals surface area contributed by atoms with E-state index in [4.69, 9.17) is 133 Å². The van der Waals surface area contributed by atoms with Crippen molar-refractivity contribution in [3.63, 3.8) is 0 Å². The maximum Gasteiger partial charge on any atom is 0.239 e. The first-order valence-electron chi connectivity index (χ1n) is 32.9. The fourth-order valence-electron chi connectivity index (χ4n) is 7.00. The highest BCUT2D eigenvalue weighted by Gasteiger charge is 2.20. The minimum absolute atomic E-state index is 0.0418. The first kappa shape index (κ1) is 91.3. The minimum Gasteiger partial charge on any atom is -0.399 e. The van der Waals surface area contributed by atoms with Gasteiger partial charge in [0.15, 0.2) is 0 Å². The third-order valence-corrected chi connectivity index (χ3v) is 11.8. The van der Waals surface area contributed by atoms with Crippen LogP contribution in [0.5, 0.6) is 0 Å². The SMILES string of the molecule is C#CCOCCOCCOCCOCCC(=O)N(CC(=O)NCCOCCOCCOCCOCCOCCOCCOCCOCCOCCOCCOCCOC)CC(=O)NCCN(N)/C=C(\N)COCCOCCOCCOCCOCCOCCOCCCCN. The van der Waals surface area contributed by atoms with Crippen LogP contribution in [-0.2, 0) is 123 Å². The van der Waals surface area contributed by atoms with E-state index in [1.807, 2.05) is 0 Å². The second-order valence-electron chi connectivity index (χ2n) is 19.7. The zero-order valence-electron chi connectivity index (χ0n) is 57.1. The number of amides is 3. The van der Waals surface area contributed by atoms with Crippen molar-refractivity contribution in [2.45, 2.75) is 19.3 Å². The Hall–Kier alpha value is -3.69. The highest BCUT2D eigenvalue weighted by Crippen LogP contribution is 1.99. The van der Waals surface area contributed by atoms with Gasteiger partial charge in [-0.25, -0.2) is 5.84 Å². The highest BCUT2D eigenvalue weighted by molar-refractivity contribution is 5.89. The Morgan fingerprint density at radius 2 is 0.663 bits per heavy atom. The van der Waals surface area contributed by atoms with Crippen molar-refractivity contribution in [1.29, 1.82) is 0 Å². The largest absolute Gasteiger partial charge is 0.399 e. The lowest BCUT2D eigenvalue weighted by Crippen LogP contribution is -2.47. The molecule has 0 atom stereocenters. The van der Waals surface area contributed by atoms with E-state index in [1.54, 1.807) is 7.11 Å². The standard InChI is InChI=1S/C62H121N7O26/c1-3-11-74-17-21-79-27-29-81-23-19-76-13-6-62(72)68(56-60(70)66-8-10-69(65)55-59(64)58-95-54-53-94-52-51-93-50-49-92-37-35-84-31-28-80-22-18-75-12-5-4-7-63)57-61(71)67-9-14-77-20-24-82-30-32-85-36-38-87-41-42-89-45-46-91-48-47-90-44-43-88-40-39-86-34-33-83-26-25-78-16-15-73-2/h1,55H,4-54,56-58,63-65H2,2H3,(H,66,70)(H,67,71)/b59-55-. The predicted octanol–water partition coefficient (Wildman–Crippen LogP) is -2.20. The Morgan fingerprint density at radius 1 is 0.379 bits per heavy atom. The van der Waals surface area contributed by atoms with Gasteiger partial charge < -0.3 is 141 Å². The van der Waals surface area contributed by atoms with Gasteiger partial charge in [0.1, 0.15) is 19.7 Å². The van der Waals surface area contributed by atoms with Gasteiger partial charge in [0.05, 0.1) is 303 Å². The van der Waals surface area contributed by atoms with E-state index >= 15 is 0 Å². The lowest BCUT2D eigenvalue weighted by Gasteiger charge is -2.22. The number of ether oxygens (including phenoxy) is 23. The van der Waals surface area contributed by atoms with Crippen molar-refractivity contribution >= 4 is 17.7 Å². The van der Waals surface area contributed by atoms with Crippen molar-refractivity contribution in [1.82, 2.24) is 20.5 Å². The number of hydrazine groups is 1. The number of hydrogen-bond acceptors (Lipinski definition) is 30. The van der Waals surface area contributed by atoms with E-state index in [1.165, 1.54) is 11.2 Å². The van der Waals surface area contributed by atoms with Gasteiger partial charge >= 0.3 is 0 Å². The molecular weight excluding hydrogens is 1260 g/mol. The average Bonchev–Trinajstić information content (AvgIpc) is 3.32. The minimum atomic E-state index is -0.502. The van der Waals surface area contributed by atoms with Crippen LogP contribution in [0.2, 0.25) is 0 Å². The van der Waals surface area contributed by atoms with Gasteiger partial charge in [-0.05, 0) is 19.4 Å². The number of carbonyl (C=O) groups is 3. The zero-order chi connectivity index (χ0) is 68.7. The molecule has 0 aromatic heterocycles. The molecule has 0 bridgehead atoms. The third kappa shape index (κ3) is 75.9. The van der Waals surface area contributed by atoms with Gasteiger partial charge in [-0.2, -0.15) is 0 Å². The summed E-state index contributed by atoms with van der Waals surface area (Å²) in [4.78, 5) is 40.5. The van der Waals surface area contributed by atoms with Crippen LogP contribution in [0.3, 0.4) is 0 Å². The average molecular weight is 1380 g/mol. The molecule has 33 nitrogen and oxygen atoms in total. The zero-order valence-corrected chi connectivity index (χ0v) is 57.1. The summed E-state index contributed by atoms with van der Waals surface area (Å²) in [6.45, 7) is 19.0. The molecule has 0 aliphatic heterocycles. The molecule has 0 aromatic rings. The smallest absolute Gasteiger partial charge is 0.239 e. The molecule has 0 unspecified atom stereocenters.